The third kappa shape index (κ3) is 2.97. The fourth-order valence-electron chi connectivity index (χ4n) is 1.80. The maximum atomic E-state index is 12.2. The van der Waals surface area contributed by atoms with Crippen LogP contribution in [0.25, 0.3) is 0 Å². The monoisotopic (exact) mass is 267 g/mol. The van der Waals surface area contributed by atoms with E-state index in [1.165, 1.54) is 19.1 Å². The predicted octanol–water partition coefficient (Wildman–Crippen LogP) is 1.11. The van der Waals surface area contributed by atoms with Gasteiger partial charge >= 0.3 is 0 Å². The van der Waals surface area contributed by atoms with Crippen molar-refractivity contribution in [3.05, 3.63) is 23.8 Å². The average molecular weight is 267 g/mol. The molecule has 0 spiro atoms. The second-order valence-corrected chi connectivity index (χ2v) is 4.15. The smallest absolute Gasteiger partial charge is 0.253 e. The van der Waals surface area contributed by atoms with Crippen LogP contribution in [0.1, 0.15) is 10.4 Å². The summed E-state index contributed by atoms with van der Waals surface area (Å²) in [5.74, 6) is 1.12. The first kappa shape index (κ1) is 13.6. The topological polar surface area (TPSA) is 57.2 Å². The number of carbonyl (C=O) groups excluding carboxylic acids is 1. The number of hydrogen-bond acceptors (Lipinski definition) is 5. The van der Waals surface area contributed by atoms with Crippen molar-refractivity contribution in [2.75, 3.05) is 34.6 Å². The van der Waals surface area contributed by atoms with E-state index in [1.807, 2.05) is 0 Å². The SMILES string of the molecule is COC(CN(C)C(=O)c1ccc2c(c1)OCO2)OC. The summed E-state index contributed by atoms with van der Waals surface area (Å²) in [6.45, 7) is 0.540. The second kappa shape index (κ2) is 5.90. The molecule has 1 amide bonds. The van der Waals surface area contributed by atoms with Gasteiger partial charge in [0.1, 0.15) is 0 Å². The van der Waals surface area contributed by atoms with Crippen molar-refractivity contribution in [2.24, 2.45) is 0 Å². The molecule has 19 heavy (non-hydrogen) atoms. The number of ether oxygens (including phenoxy) is 4. The Kier molecular flexibility index (Phi) is 4.24. The fraction of sp³-hybridized carbons (Fsp3) is 0.462. The first-order chi connectivity index (χ1) is 9.15. The molecule has 0 unspecified atom stereocenters. The highest BCUT2D eigenvalue weighted by Gasteiger charge is 2.20. The molecule has 0 bridgehead atoms. The Bertz CT molecular complexity index is 458. The number of carbonyl (C=O) groups is 1. The molecule has 0 aromatic heterocycles. The minimum absolute atomic E-state index is 0.127. The summed E-state index contributed by atoms with van der Waals surface area (Å²) in [5, 5.41) is 0. The molecular weight excluding hydrogens is 250 g/mol. The molecule has 0 atom stereocenters. The molecule has 1 aliphatic heterocycles. The summed E-state index contributed by atoms with van der Waals surface area (Å²) >= 11 is 0. The number of methoxy groups -OCH3 is 2. The van der Waals surface area contributed by atoms with Crippen LogP contribution in [0.2, 0.25) is 0 Å². The van der Waals surface area contributed by atoms with E-state index in [4.69, 9.17) is 18.9 Å². The van der Waals surface area contributed by atoms with Gasteiger partial charge in [-0.2, -0.15) is 0 Å². The van der Waals surface area contributed by atoms with Crippen LogP contribution in [0.4, 0.5) is 0 Å². The molecule has 1 heterocycles. The highest BCUT2D eigenvalue weighted by atomic mass is 16.7. The van der Waals surface area contributed by atoms with Crippen LogP contribution in [0.5, 0.6) is 11.5 Å². The molecular formula is C13H17NO5. The van der Waals surface area contributed by atoms with E-state index >= 15 is 0 Å². The molecule has 0 N–H and O–H groups in total. The Labute approximate surface area is 111 Å². The second-order valence-electron chi connectivity index (χ2n) is 4.15. The Balaban J connectivity index is 2.06. The predicted molar refractivity (Wildman–Crippen MR) is 67.3 cm³/mol. The van der Waals surface area contributed by atoms with Gasteiger partial charge < -0.3 is 23.8 Å². The van der Waals surface area contributed by atoms with Gasteiger partial charge in [-0.15, -0.1) is 0 Å². The van der Waals surface area contributed by atoms with E-state index in [0.29, 0.717) is 23.6 Å². The normalized spacial score (nSPS) is 12.8. The van der Waals surface area contributed by atoms with Crippen LogP contribution in [0, 0.1) is 0 Å². The Hall–Kier alpha value is -1.79. The lowest BCUT2D eigenvalue weighted by Crippen LogP contribution is -2.36. The Morgan fingerprint density at radius 1 is 1.32 bits per heavy atom. The molecule has 1 aromatic rings. The van der Waals surface area contributed by atoms with Gasteiger partial charge in [-0.3, -0.25) is 4.79 Å². The fourth-order valence-corrected chi connectivity index (χ4v) is 1.80. The third-order valence-corrected chi connectivity index (χ3v) is 2.91. The van der Waals surface area contributed by atoms with Crippen LogP contribution in [-0.4, -0.2) is 51.7 Å². The lowest BCUT2D eigenvalue weighted by molar-refractivity contribution is -0.110. The first-order valence-electron chi connectivity index (χ1n) is 5.86. The molecule has 2 rings (SSSR count). The lowest BCUT2D eigenvalue weighted by atomic mass is 10.2. The molecule has 104 valence electrons. The van der Waals surface area contributed by atoms with Crippen molar-refractivity contribution in [2.45, 2.75) is 6.29 Å². The summed E-state index contributed by atoms with van der Waals surface area (Å²) in [6, 6.07) is 5.12. The average Bonchev–Trinajstić information content (AvgIpc) is 2.90. The molecule has 6 heteroatoms. The van der Waals surface area contributed by atoms with Crippen molar-refractivity contribution in [3.63, 3.8) is 0 Å². The molecule has 0 fully saturated rings. The molecule has 0 saturated carbocycles. The van der Waals surface area contributed by atoms with Gasteiger partial charge in [-0.1, -0.05) is 0 Å². The van der Waals surface area contributed by atoms with Crippen molar-refractivity contribution in [1.29, 1.82) is 0 Å². The van der Waals surface area contributed by atoms with Crippen molar-refractivity contribution in [3.8, 4) is 11.5 Å². The number of hydrogen-bond donors (Lipinski definition) is 0. The molecule has 1 aliphatic rings. The number of amides is 1. The van der Waals surface area contributed by atoms with Crippen molar-refractivity contribution in [1.82, 2.24) is 4.90 Å². The largest absolute Gasteiger partial charge is 0.454 e. The zero-order valence-corrected chi connectivity index (χ0v) is 11.2. The highest BCUT2D eigenvalue weighted by Crippen LogP contribution is 2.32. The summed E-state index contributed by atoms with van der Waals surface area (Å²) in [4.78, 5) is 13.8. The third-order valence-electron chi connectivity index (χ3n) is 2.91. The van der Waals surface area contributed by atoms with E-state index in [0.717, 1.165) is 0 Å². The number of benzene rings is 1. The highest BCUT2D eigenvalue weighted by molar-refractivity contribution is 5.94. The van der Waals surface area contributed by atoms with Crippen LogP contribution >= 0.6 is 0 Å². The van der Waals surface area contributed by atoms with Gasteiger partial charge in [0.05, 0.1) is 6.54 Å². The van der Waals surface area contributed by atoms with E-state index < -0.39 is 6.29 Å². The number of fused-ring (bicyclic) bond motifs is 1. The van der Waals surface area contributed by atoms with E-state index in [2.05, 4.69) is 0 Å². The summed E-state index contributed by atoms with van der Waals surface area (Å²) < 4.78 is 20.6. The zero-order chi connectivity index (χ0) is 13.8. The van der Waals surface area contributed by atoms with Gasteiger partial charge in [0.15, 0.2) is 17.8 Å². The van der Waals surface area contributed by atoms with Gasteiger partial charge in [0.2, 0.25) is 6.79 Å². The summed E-state index contributed by atoms with van der Waals surface area (Å²) in [7, 11) is 4.76. The number of likely N-dealkylation sites (N-methyl/N-ethyl adjacent to an activating group) is 1. The number of rotatable bonds is 5. The standard InChI is InChI=1S/C13H17NO5/c1-14(7-12(16-2)17-3)13(15)9-4-5-10-11(6-9)19-8-18-10/h4-6,12H,7-8H2,1-3H3. The quantitative estimate of drug-likeness (QED) is 0.748. The van der Waals surface area contributed by atoms with Gasteiger partial charge in [-0.05, 0) is 18.2 Å². The zero-order valence-electron chi connectivity index (χ0n) is 11.2. The Morgan fingerprint density at radius 2 is 2.00 bits per heavy atom. The minimum atomic E-state index is -0.442. The van der Waals surface area contributed by atoms with Crippen molar-refractivity contribution >= 4 is 5.91 Å². The molecule has 0 radical (unpaired) electrons. The first-order valence-corrected chi connectivity index (χ1v) is 5.86. The molecule has 1 aromatic carbocycles. The van der Waals surface area contributed by atoms with Crippen LogP contribution in [-0.2, 0) is 9.47 Å². The summed E-state index contributed by atoms with van der Waals surface area (Å²) in [6.07, 6.45) is -0.442. The van der Waals surface area contributed by atoms with E-state index in [9.17, 15) is 4.79 Å². The van der Waals surface area contributed by atoms with Gasteiger partial charge in [0, 0.05) is 26.8 Å². The van der Waals surface area contributed by atoms with Crippen LogP contribution < -0.4 is 9.47 Å². The van der Waals surface area contributed by atoms with Crippen LogP contribution in [0.15, 0.2) is 18.2 Å². The van der Waals surface area contributed by atoms with Crippen molar-refractivity contribution < 1.29 is 23.7 Å². The molecule has 0 aliphatic carbocycles. The van der Waals surface area contributed by atoms with E-state index in [-0.39, 0.29) is 12.7 Å². The molecule has 0 saturated heterocycles. The van der Waals surface area contributed by atoms with Gasteiger partial charge in [-0.25, -0.2) is 0 Å². The summed E-state index contributed by atoms with van der Waals surface area (Å²) in [5.41, 5.74) is 0.540. The lowest BCUT2D eigenvalue weighted by Gasteiger charge is -2.22. The maximum absolute atomic E-state index is 12.2. The minimum Gasteiger partial charge on any atom is -0.454 e. The molecule has 6 nitrogen and oxygen atoms in total. The van der Waals surface area contributed by atoms with E-state index in [1.54, 1.807) is 25.2 Å². The van der Waals surface area contributed by atoms with Crippen LogP contribution in [0.3, 0.4) is 0 Å². The number of nitrogens with zero attached hydrogens (tertiary/aromatic N) is 1. The Morgan fingerprint density at radius 3 is 2.68 bits per heavy atom. The maximum Gasteiger partial charge on any atom is 0.253 e. The van der Waals surface area contributed by atoms with Gasteiger partial charge in [0.25, 0.3) is 5.91 Å².